The number of nitrogens with zero attached hydrogens (tertiary/aromatic N) is 2. The van der Waals surface area contributed by atoms with Crippen LogP contribution in [0.2, 0.25) is 0 Å². The summed E-state index contributed by atoms with van der Waals surface area (Å²) < 4.78 is 0. The second-order valence-electron chi connectivity index (χ2n) is 4.57. The number of nitrogen functional groups attached to an aromatic ring is 1. The molecule has 102 valence electrons. The minimum Gasteiger partial charge on any atom is -0.381 e. The summed E-state index contributed by atoms with van der Waals surface area (Å²) in [5, 5.41) is 5.48. The molecule has 0 aliphatic heterocycles. The number of nitrogens with one attached hydrogen (secondary N) is 1. The lowest BCUT2D eigenvalue weighted by Gasteiger charge is -2.17. The monoisotopic (exact) mass is 284 g/mol. The predicted molar refractivity (Wildman–Crippen MR) is 84.9 cm³/mol. The highest BCUT2D eigenvalue weighted by Crippen LogP contribution is 2.28. The highest BCUT2D eigenvalue weighted by Gasteiger charge is 2.13. The van der Waals surface area contributed by atoms with Crippen molar-refractivity contribution in [3.63, 3.8) is 0 Å². The van der Waals surface area contributed by atoms with Crippen LogP contribution < -0.4 is 11.1 Å². The third kappa shape index (κ3) is 2.44. The summed E-state index contributed by atoms with van der Waals surface area (Å²) in [4.78, 5) is 10.3. The first-order valence-electron chi connectivity index (χ1n) is 6.60. The molecule has 0 bridgehead atoms. The van der Waals surface area contributed by atoms with Gasteiger partial charge < -0.3 is 11.1 Å². The summed E-state index contributed by atoms with van der Waals surface area (Å²) in [5.74, 6) is 1.10. The molecule has 1 atom stereocenters. The van der Waals surface area contributed by atoms with Crippen LogP contribution in [-0.4, -0.2) is 9.97 Å². The van der Waals surface area contributed by atoms with Crippen molar-refractivity contribution in [2.45, 2.75) is 19.4 Å². The molecule has 3 aromatic rings. The van der Waals surface area contributed by atoms with Crippen molar-refractivity contribution < 1.29 is 0 Å². The molecular weight excluding hydrogens is 268 g/mol. The predicted octanol–water partition coefficient (Wildman–Crippen LogP) is 3.84. The van der Waals surface area contributed by atoms with Gasteiger partial charge in [-0.15, -0.1) is 11.3 Å². The van der Waals surface area contributed by atoms with Gasteiger partial charge in [0.15, 0.2) is 11.6 Å². The number of anilines is 2. The summed E-state index contributed by atoms with van der Waals surface area (Å²) in [7, 11) is 0. The van der Waals surface area contributed by atoms with E-state index in [2.05, 4.69) is 39.7 Å². The van der Waals surface area contributed by atoms with Gasteiger partial charge in [0.05, 0.1) is 17.1 Å². The number of nitrogens with two attached hydrogens (primary N) is 1. The van der Waals surface area contributed by atoms with E-state index in [1.165, 1.54) is 4.88 Å². The van der Waals surface area contributed by atoms with E-state index in [0.29, 0.717) is 11.6 Å². The number of para-hydroxylation sites is 2. The average molecular weight is 284 g/mol. The minimum absolute atomic E-state index is 0.216. The second-order valence-corrected chi connectivity index (χ2v) is 5.55. The minimum atomic E-state index is 0.216. The quantitative estimate of drug-likeness (QED) is 0.764. The Labute approximate surface area is 121 Å². The summed E-state index contributed by atoms with van der Waals surface area (Å²) in [5.41, 5.74) is 7.68. The van der Waals surface area contributed by atoms with Crippen molar-refractivity contribution in [1.29, 1.82) is 0 Å². The van der Waals surface area contributed by atoms with Crippen molar-refractivity contribution in [2.75, 3.05) is 11.1 Å². The van der Waals surface area contributed by atoms with Gasteiger partial charge in [-0.05, 0) is 30.0 Å². The van der Waals surface area contributed by atoms with Crippen LogP contribution in [-0.2, 0) is 0 Å². The van der Waals surface area contributed by atoms with Crippen LogP contribution in [0.1, 0.15) is 24.3 Å². The van der Waals surface area contributed by atoms with Gasteiger partial charge in [-0.1, -0.05) is 25.1 Å². The van der Waals surface area contributed by atoms with Gasteiger partial charge in [0, 0.05) is 4.88 Å². The van der Waals surface area contributed by atoms with Crippen LogP contribution in [0, 0.1) is 0 Å². The fourth-order valence-electron chi connectivity index (χ4n) is 2.15. The number of rotatable bonds is 4. The molecule has 0 fully saturated rings. The highest BCUT2D eigenvalue weighted by atomic mass is 32.1. The maximum Gasteiger partial charge on any atom is 0.170 e. The van der Waals surface area contributed by atoms with Crippen LogP contribution in [0.15, 0.2) is 41.8 Å². The molecule has 2 aromatic heterocycles. The lowest BCUT2D eigenvalue weighted by molar-refractivity contribution is 0.759. The fourth-order valence-corrected chi connectivity index (χ4v) is 3.01. The number of thiophene rings is 1. The third-order valence-electron chi connectivity index (χ3n) is 3.20. The normalized spacial score (nSPS) is 12.4. The Morgan fingerprint density at radius 1 is 1.15 bits per heavy atom. The zero-order chi connectivity index (χ0) is 13.9. The first kappa shape index (κ1) is 12.9. The van der Waals surface area contributed by atoms with E-state index in [9.17, 15) is 0 Å². The Kier molecular flexibility index (Phi) is 3.52. The number of aromatic nitrogens is 2. The molecule has 0 radical (unpaired) electrons. The maximum atomic E-state index is 6.01. The lowest BCUT2D eigenvalue weighted by Crippen LogP contribution is -2.12. The molecular formula is C15H16N4S. The first-order valence-corrected chi connectivity index (χ1v) is 7.48. The van der Waals surface area contributed by atoms with Gasteiger partial charge >= 0.3 is 0 Å². The van der Waals surface area contributed by atoms with E-state index < -0.39 is 0 Å². The van der Waals surface area contributed by atoms with E-state index in [-0.39, 0.29) is 6.04 Å². The number of hydrogen-bond acceptors (Lipinski definition) is 5. The molecule has 0 aliphatic carbocycles. The Bertz CT molecular complexity index is 709. The zero-order valence-corrected chi connectivity index (χ0v) is 12.0. The van der Waals surface area contributed by atoms with Crippen LogP contribution in [0.3, 0.4) is 0 Å². The molecule has 2 heterocycles. The molecule has 0 saturated heterocycles. The van der Waals surface area contributed by atoms with Crippen molar-refractivity contribution in [1.82, 2.24) is 9.97 Å². The third-order valence-corrected chi connectivity index (χ3v) is 4.19. The SMILES string of the molecule is CCC(Nc1nc2ccccc2nc1N)c1cccs1. The lowest BCUT2D eigenvalue weighted by atomic mass is 10.2. The van der Waals surface area contributed by atoms with E-state index in [1.54, 1.807) is 11.3 Å². The van der Waals surface area contributed by atoms with E-state index in [0.717, 1.165) is 17.5 Å². The second kappa shape index (κ2) is 5.46. The average Bonchev–Trinajstić information content (AvgIpc) is 2.99. The van der Waals surface area contributed by atoms with Gasteiger partial charge in [0.2, 0.25) is 0 Å². The van der Waals surface area contributed by atoms with Crippen molar-refractivity contribution in [3.8, 4) is 0 Å². The first-order chi connectivity index (χ1) is 9.78. The van der Waals surface area contributed by atoms with E-state index >= 15 is 0 Å². The van der Waals surface area contributed by atoms with E-state index in [1.807, 2.05) is 24.3 Å². The molecule has 1 unspecified atom stereocenters. The topological polar surface area (TPSA) is 63.8 Å². The number of benzene rings is 1. The molecule has 0 spiro atoms. The van der Waals surface area contributed by atoms with Gasteiger partial charge in [0.1, 0.15) is 0 Å². The fraction of sp³-hybridized carbons (Fsp3) is 0.200. The molecule has 1 aromatic carbocycles. The molecule has 3 rings (SSSR count). The molecule has 5 heteroatoms. The summed E-state index contributed by atoms with van der Waals surface area (Å²) in [6.45, 7) is 2.14. The van der Waals surface area contributed by atoms with Gasteiger partial charge in [-0.3, -0.25) is 0 Å². The molecule has 20 heavy (non-hydrogen) atoms. The van der Waals surface area contributed by atoms with E-state index in [4.69, 9.17) is 5.73 Å². The number of hydrogen-bond donors (Lipinski definition) is 2. The molecule has 3 N–H and O–H groups in total. The Morgan fingerprint density at radius 2 is 1.90 bits per heavy atom. The van der Waals surface area contributed by atoms with Gasteiger partial charge in [-0.2, -0.15) is 0 Å². The summed E-state index contributed by atoms with van der Waals surface area (Å²) >= 11 is 1.73. The molecule has 4 nitrogen and oxygen atoms in total. The summed E-state index contributed by atoms with van der Waals surface area (Å²) in [6.07, 6.45) is 0.967. The molecule has 0 saturated carbocycles. The molecule has 0 aliphatic rings. The van der Waals surface area contributed by atoms with Crippen molar-refractivity contribution >= 4 is 34.0 Å². The highest BCUT2D eigenvalue weighted by molar-refractivity contribution is 7.10. The Morgan fingerprint density at radius 3 is 2.55 bits per heavy atom. The van der Waals surface area contributed by atoms with Crippen LogP contribution in [0.25, 0.3) is 11.0 Å². The van der Waals surface area contributed by atoms with Crippen LogP contribution in [0.4, 0.5) is 11.6 Å². The van der Waals surface area contributed by atoms with Gasteiger partial charge in [0.25, 0.3) is 0 Å². The van der Waals surface area contributed by atoms with Crippen LogP contribution in [0.5, 0.6) is 0 Å². The standard InChI is InChI=1S/C15H16N4S/c1-2-10(13-8-5-9-20-13)18-15-14(16)17-11-6-3-4-7-12(11)19-15/h3-10H,2H2,1H3,(H2,16,17)(H,18,19). The van der Waals surface area contributed by atoms with Crippen LogP contribution >= 0.6 is 11.3 Å². The summed E-state index contributed by atoms with van der Waals surface area (Å²) in [6, 6.07) is 12.1. The Balaban J connectivity index is 1.95. The molecule has 0 amide bonds. The smallest absolute Gasteiger partial charge is 0.170 e. The van der Waals surface area contributed by atoms with Crippen molar-refractivity contribution in [3.05, 3.63) is 46.7 Å². The maximum absolute atomic E-state index is 6.01. The largest absolute Gasteiger partial charge is 0.381 e. The number of fused-ring (bicyclic) bond motifs is 1. The zero-order valence-electron chi connectivity index (χ0n) is 11.2. The van der Waals surface area contributed by atoms with Crippen molar-refractivity contribution in [2.24, 2.45) is 0 Å². The van der Waals surface area contributed by atoms with Gasteiger partial charge in [-0.25, -0.2) is 9.97 Å². The Hall–Kier alpha value is -2.14.